The maximum absolute atomic E-state index is 9.34. The molecule has 2 aromatic carbocycles. The predicted molar refractivity (Wildman–Crippen MR) is 93.6 cm³/mol. The highest BCUT2D eigenvalue weighted by atomic mass is 35.5. The summed E-state index contributed by atoms with van der Waals surface area (Å²) in [5.74, 6) is 1.59. The fraction of sp³-hybridized carbons (Fsp3) is 0.176. The van der Waals surface area contributed by atoms with Gasteiger partial charge in [-0.1, -0.05) is 18.2 Å². The minimum absolute atomic E-state index is 0. The van der Waals surface area contributed by atoms with Gasteiger partial charge in [0.25, 0.3) is 0 Å². The van der Waals surface area contributed by atoms with Crippen molar-refractivity contribution in [1.82, 2.24) is 20.1 Å². The Hall–Kier alpha value is -2.37. The first-order valence-corrected chi connectivity index (χ1v) is 7.07. The number of aromatic nitrogens is 3. The largest absolute Gasteiger partial charge is 0.508 e. The number of rotatable bonds is 4. The van der Waals surface area contributed by atoms with Gasteiger partial charge in [0.2, 0.25) is 0 Å². The third kappa shape index (κ3) is 4.09. The van der Waals surface area contributed by atoms with E-state index in [-0.39, 0.29) is 18.2 Å². The average molecular weight is 331 g/mol. The van der Waals surface area contributed by atoms with Crippen molar-refractivity contribution in [1.29, 1.82) is 0 Å². The van der Waals surface area contributed by atoms with E-state index in [0.29, 0.717) is 11.6 Å². The lowest BCUT2D eigenvalue weighted by atomic mass is 10.1. The monoisotopic (exact) mass is 330 g/mol. The SMILES string of the molecule is CN(C)Cc1cccc(-c2n[nH]c(-c3ccc(O)cc3)n2)c1.Cl. The van der Waals surface area contributed by atoms with Crippen LogP contribution in [0.2, 0.25) is 0 Å². The lowest BCUT2D eigenvalue weighted by Gasteiger charge is -2.09. The van der Waals surface area contributed by atoms with Gasteiger partial charge in [-0.3, -0.25) is 5.10 Å². The lowest BCUT2D eigenvalue weighted by Crippen LogP contribution is -2.10. The molecular weight excluding hydrogens is 312 g/mol. The molecule has 0 atom stereocenters. The van der Waals surface area contributed by atoms with E-state index < -0.39 is 0 Å². The summed E-state index contributed by atoms with van der Waals surface area (Å²) in [6, 6.07) is 15.1. The molecule has 0 unspecified atom stereocenters. The van der Waals surface area contributed by atoms with Crippen molar-refractivity contribution in [3.8, 4) is 28.5 Å². The topological polar surface area (TPSA) is 65.0 Å². The van der Waals surface area contributed by atoms with Gasteiger partial charge in [0.1, 0.15) is 5.75 Å². The molecule has 0 spiro atoms. The van der Waals surface area contributed by atoms with Crippen LogP contribution in [0, 0.1) is 0 Å². The molecule has 0 saturated carbocycles. The van der Waals surface area contributed by atoms with Gasteiger partial charge in [-0.15, -0.1) is 12.4 Å². The summed E-state index contributed by atoms with van der Waals surface area (Å²) in [4.78, 5) is 6.66. The van der Waals surface area contributed by atoms with Gasteiger partial charge >= 0.3 is 0 Å². The second kappa shape index (κ2) is 7.26. The van der Waals surface area contributed by atoms with Crippen molar-refractivity contribution >= 4 is 12.4 Å². The van der Waals surface area contributed by atoms with Crippen LogP contribution in [0.1, 0.15) is 5.56 Å². The maximum Gasteiger partial charge on any atom is 0.181 e. The zero-order chi connectivity index (χ0) is 15.5. The molecule has 1 heterocycles. The molecule has 120 valence electrons. The Balaban J connectivity index is 0.00000192. The smallest absolute Gasteiger partial charge is 0.181 e. The standard InChI is InChI=1S/C17H18N4O.ClH/c1-21(2)11-12-4-3-5-14(10-12)17-18-16(19-20-17)13-6-8-15(22)9-7-13;/h3-10,22H,11H2,1-2H3,(H,18,19,20);1H. The molecule has 0 radical (unpaired) electrons. The molecule has 23 heavy (non-hydrogen) atoms. The Labute approximate surface area is 141 Å². The van der Waals surface area contributed by atoms with Crippen LogP contribution in [0.15, 0.2) is 48.5 Å². The Morgan fingerprint density at radius 1 is 1.04 bits per heavy atom. The van der Waals surface area contributed by atoms with Gasteiger partial charge in [0.05, 0.1) is 0 Å². The number of aromatic hydroxyl groups is 1. The van der Waals surface area contributed by atoms with Gasteiger partial charge in [0.15, 0.2) is 11.6 Å². The Morgan fingerprint density at radius 3 is 2.48 bits per heavy atom. The lowest BCUT2D eigenvalue weighted by molar-refractivity contribution is 0.402. The highest BCUT2D eigenvalue weighted by Crippen LogP contribution is 2.22. The Morgan fingerprint density at radius 2 is 1.78 bits per heavy atom. The van der Waals surface area contributed by atoms with Gasteiger partial charge < -0.3 is 10.0 Å². The number of aromatic amines is 1. The average Bonchev–Trinajstić information content (AvgIpc) is 2.97. The molecule has 0 aliphatic rings. The maximum atomic E-state index is 9.34. The molecule has 0 fully saturated rings. The van der Waals surface area contributed by atoms with Gasteiger partial charge in [-0.05, 0) is 50.0 Å². The van der Waals surface area contributed by atoms with Crippen molar-refractivity contribution in [3.63, 3.8) is 0 Å². The van der Waals surface area contributed by atoms with Gasteiger partial charge in [0, 0.05) is 17.7 Å². The summed E-state index contributed by atoms with van der Waals surface area (Å²) in [7, 11) is 4.09. The summed E-state index contributed by atoms with van der Waals surface area (Å²) < 4.78 is 0. The molecule has 2 N–H and O–H groups in total. The van der Waals surface area contributed by atoms with Crippen molar-refractivity contribution in [2.75, 3.05) is 14.1 Å². The quantitative estimate of drug-likeness (QED) is 0.770. The molecule has 3 rings (SSSR count). The zero-order valence-corrected chi connectivity index (χ0v) is 13.8. The molecule has 0 bridgehead atoms. The second-order valence-electron chi connectivity index (χ2n) is 5.49. The highest BCUT2D eigenvalue weighted by Gasteiger charge is 2.08. The minimum atomic E-state index is 0. The number of nitrogens with one attached hydrogen (secondary N) is 1. The van der Waals surface area contributed by atoms with E-state index in [9.17, 15) is 5.11 Å². The highest BCUT2D eigenvalue weighted by molar-refractivity contribution is 5.85. The number of phenols is 1. The van der Waals surface area contributed by atoms with Crippen LogP contribution >= 0.6 is 12.4 Å². The molecule has 1 aromatic heterocycles. The fourth-order valence-electron chi connectivity index (χ4n) is 2.31. The van der Waals surface area contributed by atoms with Crippen LogP contribution in [0.4, 0.5) is 0 Å². The molecule has 0 aliphatic heterocycles. The number of phenolic OH excluding ortho intramolecular Hbond substituents is 1. The summed E-state index contributed by atoms with van der Waals surface area (Å²) in [5.41, 5.74) is 3.10. The number of hydrogen-bond donors (Lipinski definition) is 2. The fourth-order valence-corrected chi connectivity index (χ4v) is 2.31. The minimum Gasteiger partial charge on any atom is -0.508 e. The van der Waals surface area contributed by atoms with Crippen molar-refractivity contribution < 1.29 is 5.11 Å². The van der Waals surface area contributed by atoms with E-state index in [1.165, 1.54) is 5.56 Å². The second-order valence-corrected chi connectivity index (χ2v) is 5.49. The number of halogens is 1. The van der Waals surface area contributed by atoms with Crippen molar-refractivity contribution in [2.45, 2.75) is 6.54 Å². The normalized spacial score (nSPS) is 10.6. The van der Waals surface area contributed by atoms with Crippen LogP contribution in [-0.4, -0.2) is 39.3 Å². The van der Waals surface area contributed by atoms with E-state index in [0.717, 1.165) is 17.7 Å². The van der Waals surface area contributed by atoms with E-state index in [4.69, 9.17) is 0 Å². The van der Waals surface area contributed by atoms with Gasteiger partial charge in [-0.2, -0.15) is 5.10 Å². The first-order valence-electron chi connectivity index (χ1n) is 7.07. The number of nitrogens with zero attached hydrogens (tertiary/aromatic N) is 3. The summed E-state index contributed by atoms with van der Waals surface area (Å²) >= 11 is 0. The molecular formula is C17H19ClN4O. The Kier molecular flexibility index (Phi) is 5.36. The van der Waals surface area contributed by atoms with Crippen LogP contribution < -0.4 is 0 Å². The van der Waals surface area contributed by atoms with E-state index >= 15 is 0 Å². The first-order chi connectivity index (χ1) is 10.6. The number of H-pyrrole nitrogens is 1. The summed E-state index contributed by atoms with van der Waals surface area (Å²) in [6.45, 7) is 0.878. The number of hydrogen-bond acceptors (Lipinski definition) is 4. The number of benzene rings is 2. The summed E-state index contributed by atoms with van der Waals surface area (Å²) in [6.07, 6.45) is 0. The Bertz CT molecular complexity index is 768. The van der Waals surface area contributed by atoms with E-state index in [1.54, 1.807) is 12.1 Å². The molecule has 0 aliphatic carbocycles. The first kappa shape index (κ1) is 17.0. The van der Waals surface area contributed by atoms with E-state index in [1.807, 2.05) is 38.4 Å². The molecule has 6 heteroatoms. The zero-order valence-electron chi connectivity index (χ0n) is 13.0. The molecule has 3 aromatic rings. The molecule has 0 amide bonds. The van der Waals surface area contributed by atoms with Crippen molar-refractivity contribution in [3.05, 3.63) is 54.1 Å². The molecule has 0 saturated heterocycles. The van der Waals surface area contributed by atoms with Gasteiger partial charge in [-0.25, -0.2) is 4.98 Å². The van der Waals surface area contributed by atoms with Crippen LogP contribution in [0.5, 0.6) is 5.75 Å². The van der Waals surface area contributed by atoms with Crippen LogP contribution in [-0.2, 0) is 6.54 Å². The van der Waals surface area contributed by atoms with E-state index in [2.05, 4.69) is 32.2 Å². The van der Waals surface area contributed by atoms with Crippen molar-refractivity contribution in [2.24, 2.45) is 0 Å². The third-order valence-electron chi connectivity index (χ3n) is 3.31. The van der Waals surface area contributed by atoms with Crippen LogP contribution in [0.25, 0.3) is 22.8 Å². The van der Waals surface area contributed by atoms with Crippen LogP contribution in [0.3, 0.4) is 0 Å². The summed E-state index contributed by atoms with van der Waals surface area (Å²) in [5, 5.41) is 16.6. The molecule has 5 nitrogen and oxygen atoms in total. The predicted octanol–water partition coefficient (Wildman–Crippen LogP) is 3.33. The third-order valence-corrected chi connectivity index (χ3v) is 3.31.